The summed E-state index contributed by atoms with van der Waals surface area (Å²) in [6.07, 6.45) is -2.37. The van der Waals surface area contributed by atoms with Gasteiger partial charge in [0.1, 0.15) is 24.7 Å². The van der Waals surface area contributed by atoms with Crippen LogP contribution in [0.3, 0.4) is 0 Å². The number of alkyl halides is 3. The summed E-state index contributed by atoms with van der Waals surface area (Å²) >= 11 is 5.77. The van der Waals surface area contributed by atoms with Gasteiger partial charge in [0.05, 0.1) is 0 Å². The summed E-state index contributed by atoms with van der Waals surface area (Å²) in [5, 5.41) is 4.18. The first-order valence-corrected chi connectivity index (χ1v) is 9.02. The Morgan fingerprint density at radius 1 is 1.25 bits per heavy atom. The second-order valence-electron chi connectivity index (χ2n) is 6.38. The van der Waals surface area contributed by atoms with E-state index in [1.807, 2.05) is 0 Å². The molecule has 28 heavy (non-hydrogen) atoms. The van der Waals surface area contributed by atoms with E-state index in [0.29, 0.717) is 35.7 Å². The van der Waals surface area contributed by atoms with Crippen LogP contribution >= 0.6 is 11.6 Å². The van der Waals surface area contributed by atoms with Gasteiger partial charge in [-0.1, -0.05) is 11.6 Å². The maximum atomic E-state index is 13.2. The Kier molecular flexibility index (Phi) is 5.93. The molecule has 1 aliphatic rings. The van der Waals surface area contributed by atoms with Gasteiger partial charge in [0, 0.05) is 16.3 Å². The molecule has 0 spiro atoms. The highest BCUT2D eigenvalue weighted by Crippen LogP contribution is 2.35. The zero-order chi connectivity index (χ0) is 20.3. The monoisotopic (exact) mass is 414 g/mol. The molecule has 2 N–H and O–H groups in total. The molecule has 0 bridgehead atoms. The van der Waals surface area contributed by atoms with Crippen LogP contribution in [0.1, 0.15) is 29.8 Å². The number of carbonyl (C=O) groups is 1. The van der Waals surface area contributed by atoms with Crippen molar-refractivity contribution in [2.75, 3.05) is 6.61 Å². The van der Waals surface area contributed by atoms with Crippen molar-refractivity contribution in [3.8, 4) is 5.75 Å². The van der Waals surface area contributed by atoms with E-state index in [9.17, 15) is 18.0 Å². The largest absolute Gasteiger partial charge is 0.486 e. The molecule has 3 rings (SSSR count). The smallest absolute Gasteiger partial charge is 0.435 e. The molecule has 2 aromatic rings. The maximum Gasteiger partial charge on any atom is 0.435 e. The van der Waals surface area contributed by atoms with Gasteiger partial charge in [-0.15, -0.1) is 0 Å². The molecule has 1 aromatic carbocycles. The number of rotatable bonds is 5. The highest BCUT2D eigenvalue weighted by atomic mass is 35.5. The fourth-order valence-corrected chi connectivity index (χ4v) is 3.20. The lowest BCUT2D eigenvalue weighted by Gasteiger charge is -2.14. The number of amidine groups is 1. The second-order valence-corrected chi connectivity index (χ2v) is 6.81. The van der Waals surface area contributed by atoms with E-state index in [1.165, 1.54) is 0 Å². The number of hydrogen-bond acceptors (Lipinski definition) is 3. The second kappa shape index (κ2) is 8.22. The Morgan fingerprint density at radius 2 is 1.93 bits per heavy atom. The van der Waals surface area contributed by atoms with Gasteiger partial charge in [-0.05, 0) is 49.9 Å². The first-order valence-electron chi connectivity index (χ1n) is 8.64. The fourth-order valence-electron chi connectivity index (χ4n) is 3.07. The molecule has 10 heteroatoms. The molecule has 0 saturated heterocycles. The van der Waals surface area contributed by atoms with Crippen LogP contribution in [-0.4, -0.2) is 28.1 Å². The van der Waals surface area contributed by atoms with Crippen LogP contribution < -0.4 is 10.5 Å². The topological polar surface area (TPSA) is 82.5 Å². The van der Waals surface area contributed by atoms with E-state index in [1.54, 1.807) is 24.3 Å². The minimum absolute atomic E-state index is 0.0861. The molecule has 1 aromatic heterocycles. The van der Waals surface area contributed by atoms with Crippen LogP contribution in [0.5, 0.6) is 5.75 Å². The van der Waals surface area contributed by atoms with Crippen molar-refractivity contribution in [2.24, 2.45) is 10.7 Å². The van der Waals surface area contributed by atoms with E-state index in [2.05, 4.69) is 10.1 Å². The molecule has 0 aliphatic heterocycles. The molecule has 6 nitrogen and oxygen atoms in total. The Labute approximate surface area is 164 Å². The third-order valence-electron chi connectivity index (χ3n) is 4.28. The number of nitrogens with two attached hydrogens (primary N) is 1. The van der Waals surface area contributed by atoms with Gasteiger partial charge in [-0.3, -0.25) is 9.48 Å². The zero-order valence-electron chi connectivity index (χ0n) is 14.8. The highest BCUT2D eigenvalue weighted by Gasteiger charge is 2.39. The van der Waals surface area contributed by atoms with Crippen molar-refractivity contribution in [1.82, 2.24) is 9.78 Å². The van der Waals surface area contributed by atoms with Crippen LogP contribution in [0.2, 0.25) is 5.02 Å². The maximum absolute atomic E-state index is 13.2. The highest BCUT2D eigenvalue weighted by molar-refractivity contribution is 6.30. The van der Waals surface area contributed by atoms with E-state index in [0.717, 1.165) is 11.1 Å². The van der Waals surface area contributed by atoms with Gasteiger partial charge >= 0.3 is 6.18 Å². The van der Waals surface area contributed by atoms with Crippen LogP contribution in [0.4, 0.5) is 13.2 Å². The summed E-state index contributed by atoms with van der Waals surface area (Å²) in [5.41, 5.74) is 5.39. The van der Waals surface area contributed by atoms with Crippen molar-refractivity contribution in [2.45, 2.75) is 38.4 Å². The Bertz CT molecular complexity index is 891. The number of hydrogen-bond donors (Lipinski definition) is 1. The van der Waals surface area contributed by atoms with Gasteiger partial charge in [-0.25, -0.2) is 0 Å². The van der Waals surface area contributed by atoms with E-state index >= 15 is 0 Å². The standard InChI is InChI=1S/C18H18ClF3N4O2/c19-11-5-7-12(8-6-11)28-10-15(23)24-16(27)9-26-14-4-2-1-3-13(14)17(25-26)18(20,21)22/h5-8H,1-4,9-10H2,(H2,23,24,27). The molecule has 1 heterocycles. The molecule has 0 fully saturated rings. The molecule has 1 amide bonds. The first-order chi connectivity index (χ1) is 13.2. The number of benzene rings is 1. The number of fused-ring (bicyclic) bond motifs is 1. The Morgan fingerprint density at radius 3 is 2.61 bits per heavy atom. The number of ether oxygens (including phenoxy) is 1. The zero-order valence-corrected chi connectivity index (χ0v) is 15.6. The van der Waals surface area contributed by atoms with Gasteiger partial charge < -0.3 is 10.5 Å². The lowest BCUT2D eigenvalue weighted by atomic mass is 9.95. The molecule has 0 radical (unpaired) electrons. The lowest BCUT2D eigenvalue weighted by Crippen LogP contribution is -2.24. The summed E-state index contributed by atoms with van der Waals surface area (Å²) in [6.45, 7) is -0.543. The average molecular weight is 415 g/mol. The summed E-state index contributed by atoms with van der Waals surface area (Å²) in [6, 6.07) is 6.53. The normalized spacial score (nSPS) is 14.6. The molecular weight excluding hydrogens is 397 g/mol. The van der Waals surface area contributed by atoms with Crippen molar-refractivity contribution in [1.29, 1.82) is 0 Å². The number of amides is 1. The summed E-state index contributed by atoms with van der Waals surface area (Å²) in [5.74, 6) is -0.287. The van der Waals surface area contributed by atoms with Crippen molar-refractivity contribution < 1.29 is 22.7 Å². The van der Waals surface area contributed by atoms with Crippen LogP contribution in [-0.2, 0) is 30.4 Å². The van der Waals surface area contributed by atoms with E-state index in [-0.39, 0.29) is 18.0 Å². The minimum atomic E-state index is -4.55. The Balaban J connectivity index is 1.68. The third kappa shape index (κ3) is 4.83. The summed E-state index contributed by atoms with van der Waals surface area (Å²) in [7, 11) is 0. The predicted octanol–water partition coefficient (Wildman–Crippen LogP) is 3.40. The van der Waals surface area contributed by atoms with Crippen molar-refractivity contribution >= 4 is 23.3 Å². The SMILES string of the molecule is NC(COc1ccc(Cl)cc1)=NC(=O)Cn1nc(C(F)(F)F)c2c1CCCC2. The van der Waals surface area contributed by atoms with Crippen molar-refractivity contribution in [3.63, 3.8) is 0 Å². The minimum Gasteiger partial charge on any atom is -0.486 e. The lowest BCUT2D eigenvalue weighted by molar-refractivity contribution is -0.142. The van der Waals surface area contributed by atoms with Crippen LogP contribution in [0.15, 0.2) is 29.3 Å². The quantitative estimate of drug-likeness (QED) is 0.600. The Hall–Kier alpha value is -2.55. The molecular formula is C18H18ClF3N4O2. The van der Waals surface area contributed by atoms with Gasteiger partial charge in [-0.2, -0.15) is 23.3 Å². The molecule has 150 valence electrons. The third-order valence-corrected chi connectivity index (χ3v) is 4.53. The van der Waals surface area contributed by atoms with Gasteiger partial charge in [0.25, 0.3) is 5.91 Å². The van der Waals surface area contributed by atoms with Gasteiger partial charge in [0.15, 0.2) is 5.69 Å². The van der Waals surface area contributed by atoms with E-state index in [4.69, 9.17) is 22.1 Å². The summed E-state index contributed by atoms with van der Waals surface area (Å²) < 4.78 is 46.0. The van der Waals surface area contributed by atoms with Crippen LogP contribution in [0, 0.1) is 0 Å². The predicted molar refractivity (Wildman–Crippen MR) is 97.4 cm³/mol. The van der Waals surface area contributed by atoms with Gasteiger partial charge in [0.2, 0.25) is 0 Å². The number of aliphatic imine (C=N–C) groups is 1. The molecule has 0 saturated carbocycles. The molecule has 1 aliphatic carbocycles. The number of halogens is 4. The molecule has 0 unspecified atom stereocenters. The van der Waals surface area contributed by atoms with E-state index < -0.39 is 24.3 Å². The average Bonchev–Trinajstić information content (AvgIpc) is 3.00. The first kappa shape index (κ1) is 20.2. The number of carbonyl (C=O) groups excluding carboxylic acids is 1. The molecule has 0 atom stereocenters. The fraction of sp³-hybridized carbons (Fsp3) is 0.389. The number of nitrogens with zero attached hydrogens (tertiary/aromatic N) is 3. The van der Waals surface area contributed by atoms with Crippen LogP contribution in [0.25, 0.3) is 0 Å². The number of aromatic nitrogens is 2. The summed E-state index contributed by atoms with van der Waals surface area (Å²) in [4.78, 5) is 15.8. The van der Waals surface area contributed by atoms with Crippen molar-refractivity contribution in [3.05, 3.63) is 46.2 Å².